The Morgan fingerprint density at radius 1 is 1.15 bits per heavy atom. The van der Waals surface area contributed by atoms with Crippen LogP contribution in [0.25, 0.3) is 10.9 Å². The van der Waals surface area contributed by atoms with Crippen LogP contribution in [0.3, 0.4) is 0 Å². The number of rotatable bonds is 6. The van der Waals surface area contributed by atoms with Gasteiger partial charge in [-0.25, -0.2) is 9.78 Å². The van der Waals surface area contributed by atoms with Gasteiger partial charge in [-0.15, -0.1) is 0 Å². The lowest BCUT2D eigenvalue weighted by atomic mass is 9.96. The number of hydrogen-bond acceptors (Lipinski definition) is 6. The zero-order valence-corrected chi connectivity index (χ0v) is 19.3. The van der Waals surface area contributed by atoms with Gasteiger partial charge in [-0.05, 0) is 43.5 Å². The van der Waals surface area contributed by atoms with E-state index < -0.39 is 17.2 Å². The zero-order chi connectivity index (χ0) is 23.2. The third-order valence-electron chi connectivity index (χ3n) is 5.72. The Hall–Kier alpha value is -3.20. The minimum Gasteiger partial charge on any atom is -0.335 e. The lowest BCUT2D eigenvalue weighted by Crippen LogP contribution is -2.47. The summed E-state index contributed by atoms with van der Waals surface area (Å²) in [7, 11) is 0. The number of benzene rings is 1. The summed E-state index contributed by atoms with van der Waals surface area (Å²) in [5.41, 5.74) is 1.23. The van der Waals surface area contributed by atoms with Crippen LogP contribution in [0.5, 0.6) is 0 Å². The Morgan fingerprint density at radius 2 is 1.94 bits per heavy atom. The summed E-state index contributed by atoms with van der Waals surface area (Å²) in [5, 5.41) is 5.62. The van der Waals surface area contributed by atoms with Crippen LogP contribution in [-0.2, 0) is 11.3 Å². The van der Waals surface area contributed by atoms with E-state index in [-0.39, 0.29) is 18.1 Å². The molecule has 0 radical (unpaired) electrons. The number of fused-ring (bicyclic) bond motifs is 1. The first-order valence-electron chi connectivity index (χ1n) is 11.2. The molecule has 0 spiro atoms. The van der Waals surface area contributed by atoms with E-state index in [4.69, 9.17) is 0 Å². The average molecular weight is 466 g/mol. The normalized spacial score (nSPS) is 15.2. The monoisotopic (exact) mass is 465 g/mol. The topological polar surface area (TPSA) is 106 Å². The van der Waals surface area contributed by atoms with Crippen molar-refractivity contribution in [3.63, 3.8) is 0 Å². The van der Waals surface area contributed by atoms with E-state index in [9.17, 15) is 14.4 Å². The van der Waals surface area contributed by atoms with Gasteiger partial charge >= 0.3 is 6.03 Å². The van der Waals surface area contributed by atoms with Crippen LogP contribution in [0.1, 0.15) is 44.6 Å². The van der Waals surface area contributed by atoms with Crippen molar-refractivity contribution in [1.29, 1.82) is 0 Å². The van der Waals surface area contributed by atoms with E-state index in [0.29, 0.717) is 16.1 Å². The molecule has 3 amide bonds. The third kappa shape index (κ3) is 5.78. The molecular weight excluding hydrogens is 438 g/mol. The number of aromatic nitrogens is 3. The van der Waals surface area contributed by atoms with Crippen molar-refractivity contribution >= 4 is 34.6 Å². The summed E-state index contributed by atoms with van der Waals surface area (Å²) in [6.45, 7) is 1.98. The fourth-order valence-electron chi connectivity index (χ4n) is 3.94. The molecule has 4 rings (SSSR count). The maximum atomic E-state index is 13.2. The Bertz CT molecular complexity index is 1190. The highest BCUT2D eigenvalue weighted by Crippen LogP contribution is 2.23. The van der Waals surface area contributed by atoms with Crippen molar-refractivity contribution in [3.05, 3.63) is 64.7 Å². The maximum absolute atomic E-state index is 13.2. The van der Waals surface area contributed by atoms with Crippen LogP contribution in [0, 0.1) is 0 Å². The van der Waals surface area contributed by atoms with Gasteiger partial charge in [0, 0.05) is 18.4 Å². The SMILES string of the molecule is CC(Sc1nc2ccccc2c(=O)n1Cc1cccnc1)C(=O)NC(=O)NC1CCCCC1. The fraction of sp³-hybridized carbons (Fsp3) is 0.375. The van der Waals surface area contributed by atoms with Crippen LogP contribution in [0.15, 0.2) is 58.7 Å². The van der Waals surface area contributed by atoms with E-state index in [1.54, 1.807) is 42.1 Å². The number of nitrogens with one attached hydrogen (secondary N) is 2. The number of para-hydroxylation sites is 1. The van der Waals surface area contributed by atoms with Crippen LogP contribution < -0.4 is 16.2 Å². The number of imide groups is 1. The lowest BCUT2D eigenvalue weighted by Gasteiger charge is -2.23. The van der Waals surface area contributed by atoms with Crippen molar-refractivity contribution in [2.75, 3.05) is 0 Å². The Morgan fingerprint density at radius 3 is 2.70 bits per heavy atom. The molecule has 1 aliphatic rings. The Balaban J connectivity index is 1.52. The van der Waals surface area contributed by atoms with E-state index in [2.05, 4.69) is 20.6 Å². The Kier molecular flexibility index (Phi) is 7.39. The molecule has 8 nitrogen and oxygen atoms in total. The summed E-state index contributed by atoms with van der Waals surface area (Å²) < 4.78 is 1.55. The van der Waals surface area contributed by atoms with Crippen molar-refractivity contribution in [2.45, 2.75) is 62.0 Å². The molecule has 1 saturated carbocycles. The standard InChI is InChI=1S/C24H27N5O3S/c1-16(21(30)28-23(32)26-18-9-3-2-4-10-18)33-24-27-20-12-6-5-11-19(20)22(31)29(24)15-17-8-7-13-25-14-17/h5-8,11-14,16,18H,2-4,9-10,15H2,1H3,(H2,26,28,30,32). The van der Waals surface area contributed by atoms with Gasteiger partial charge in [-0.3, -0.25) is 24.5 Å². The molecule has 33 heavy (non-hydrogen) atoms. The zero-order valence-electron chi connectivity index (χ0n) is 18.5. The second-order valence-corrected chi connectivity index (χ2v) is 9.53. The van der Waals surface area contributed by atoms with Crippen molar-refractivity contribution in [1.82, 2.24) is 25.2 Å². The predicted molar refractivity (Wildman–Crippen MR) is 128 cm³/mol. The summed E-state index contributed by atoms with van der Waals surface area (Å²) in [5.74, 6) is -0.427. The molecule has 1 fully saturated rings. The summed E-state index contributed by atoms with van der Waals surface area (Å²) in [6, 6.07) is 10.5. The van der Waals surface area contributed by atoms with Crippen molar-refractivity contribution < 1.29 is 9.59 Å². The second kappa shape index (κ2) is 10.6. The molecule has 1 atom stereocenters. The molecule has 2 aromatic heterocycles. The molecule has 2 N–H and O–H groups in total. The smallest absolute Gasteiger partial charge is 0.321 e. The molecule has 1 unspecified atom stereocenters. The van der Waals surface area contributed by atoms with E-state index >= 15 is 0 Å². The van der Waals surface area contributed by atoms with Gasteiger partial charge in [-0.2, -0.15) is 0 Å². The van der Waals surface area contributed by atoms with Crippen LogP contribution >= 0.6 is 11.8 Å². The highest BCUT2D eigenvalue weighted by atomic mass is 32.2. The first kappa shape index (κ1) is 23.0. The summed E-state index contributed by atoms with van der Waals surface area (Å²) in [6.07, 6.45) is 8.61. The number of amides is 3. The number of carbonyl (C=O) groups is 2. The lowest BCUT2D eigenvalue weighted by molar-refractivity contribution is -0.119. The second-order valence-electron chi connectivity index (χ2n) is 8.22. The van der Waals surface area contributed by atoms with E-state index in [0.717, 1.165) is 43.0 Å². The number of thioether (sulfide) groups is 1. The molecule has 9 heteroatoms. The average Bonchev–Trinajstić information content (AvgIpc) is 2.82. The van der Waals surface area contributed by atoms with Gasteiger partial charge in [0.2, 0.25) is 5.91 Å². The molecule has 0 bridgehead atoms. The fourth-order valence-corrected chi connectivity index (χ4v) is 4.85. The highest BCUT2D eigenvalue weighted by molar-refractivity contribution is 8.00. The van der Waals surface area contributed by atoms with Crippen molar-refractivity contribution in [2.24, 2.45) is 0 Å². The number of pyridine rings is 1. The van der Waals surface area contributed by atoms with Gasteiger partial charge in [0.05, 0.1) is 22.7 Å². The number of carbonyl (C=O) groups excluding carboxylic acids is 2. The third-order valence-corrected chi connectivity index (χ3v) is 6.81. The van der Waals surface area contributed by atoms with Crippen LogP contribution in [-0.4, -0.2) is 37.8 Å². The minimum absolute atomic E-state index is 0.112. The van der Waals surface area contributed by atoms with Gasteiger partial charge in [-0.1, -0.05) is 49.2 Å². The predicted octanol–water partition coefficient (Wildman–Crippen LogP) is 3.48. The number of urea groups is 1. The molecule has 0 aliphatic heterocycles. The van der Waals surface area contributed by atoms with E-state index in [1.807, 2.05) is 18.2 Å². The summed E-state index contributed by atoms with van der Waals surface area (Å²) >= 11 is 1.15. The Labute approximate surface area is 196 Å². The van der Waals surface area contributed by atoms with Gasteiger partial charge in [0.1, 0.15) is 0 Å². The van der Waals surface area contributed by atoms with Gasteiger partial charge in [0.25, 0.3) is 5.56 Å². The molecule has 172 valence electrons. The largest absolute Gasteiger partial charge is 0.335 e. The molecule has 1 aliphatic carbocycles. The highest BCUT2D eigenvalue weighted by Gasteiger charge is 2.23. The molecule has 1 aromatic carbocycles. The van der Waals surface area contributed by atoms with Crippen LogP contribution in [0.2, 0.25) is 0 Å². The molecular formula is C24H27N5O3S. The summed E-state index contributed by atoms with van der Waals surface area (Å²) in [4.78, 5) is 47.0. The quantitative estimate of drug-likeness (QED) is 0.426. The van der Waals surface area contributed by atoms with Gasteiger partial charge < -0.3 is 5.32 Å². The number of nitrogens with zero attached hydrogens (tertiary/aromatic N) is 3. The first-order valence-corrected chi connectivity index (χ1v) is 12.1. The number of hydrogen-bond donors (Lipinski definition) is 2. The first-order chi connectivity index (χ1) is 16.0. The molecule has 0 saturated heterocycles. The van der Waals surface area contributed by atoms with Crippen molar-refractivity contribution in [3.8, 4) is 0 Å². The van der Waals surface area contributed by atoms with Crippen LogP contribution in [0.4, 0.5) is 4.79 Å². The van der Waals surface area contributed by atoms with E-state index in [1.165, 1.54) is 6.42 Å². The molecule has 2 heterocycles. The maximum Gasteiger partial charge on any atom is 0.321 e. The van der Waals surface area contributed by atoms with Gasteiger partial charge in [0.15, 0.2) is 5.16 Å². The molecule has 3 aromatic rings. The minimum atomic E-state index is -0.629.